The minimum atomic E-state index is -0.461. The first-order chi connectivity index (χ1) is 12.0. The lowest BCUT2D eigenvalue weighted by Crippen LogP contribution is -2.22. The van der Waals surface area contributed by atoms with Crippen molar-refractivity contribution in [2.24, 2.45) is 7.05 Å². The molecule has 0 saturated carbocycles. The second-order valence-electron chi connectivity index (χ2n) is 5.48. The van der Waals surface area contributed by atoms with Crippen LogP contribution in [0.2, 0.25) is 0 Å². The van der Waals surface area contributed by atoms with Crippen LogP contribution in [0.15, 0.2) is 54.6 Å². The minimum absolute atomic E-state index is 0.0171. The number of para-hydroxylation sites is 2. The maximum atomic E-state index is 11.9. The van der Waals surface area contributed by atoms with Gasteiger partial charge in [0.05, 0.1) is 22.5 Å². The largest absolute Gasteiger partial charge is 0.345 e. The number of nitrogens with one attached hydrogen (secondary N) is 1. The fourth-order valence-corrected chi connectivity index (χ4v) is 2.46. The van der Waals surface area contributed by atoms with E-state index in [9.17, 15) is 14.9 Å². The average molecular weight is 336 g/mol. The van der Waals surface area contributed by atoms with Gasteiger partial charge in [-0.3, -0.25) is 14.9 Å². The van der Waals surface area contributed by atoms with Crippen molar-refractivity contribution in [2.45, 2.75) is 6.54 Å². The third kappa shape index (κ3) is 3.72. The van der Waals surface area contributed by atoms with Crippen LogP contribution in [0.3, 0.4) is 0 Å². The molecule has 0 aliphatic heterocycles. The second kappa shape index (κ2) is 6.96. The molecule has 0 bridgehead atoms. The summed E-state index contributed by atoms with van der Waals surface area (Å²) in [6, 6.07) is 13.7. The summed E-state index contributed by atoms with van der Waals surface area (Å²) >= 11 is 0. The molecule has 1 N–H and O–H groups in total. The minimum Gasteiger partial charge on any atom is -0.345 e. The van der Waals surface area contributed by atoms with Gasteiger partial charge in [0.1, 0.15) is 5.82 Å². The Morgan fingerprint density at radius 2 is 1.96 bits per heavy atom. The molecule has 7 heteroatoms. The number of non-ortho nitro benzene ring substituents is 1. The fourth-order valence-electron chi connectivity index (χ4n) is 2.46. The van der Waals surface area contributed by atoms with E-state index in [0.29, 0.717) is 12.1 Å². The van der Waals surface area contributed by atoms with Crippen LogP contribution in [-0.4, -0.2) is 20.4 Å². The maximum absolute atomic E-state index is 11.9. The summed E-state index contributed by atoms with van der Waals surface area (Å²) in [4.78, 5) is 26.6. The predicted octanol–water partition coefficient (Wildman–Crippen LogP) is 2.81. The van der Waals surface area contributed by atoms with Crippen molar-refractivity contribution in [3.05, 3.63) is 76.1 Å². The van der Waals surface area contributed by atoms with Gasteiger partial charge >= 0.3 is 0 Å². The van der Waals surface area contributed by atoms with Crippen molar-refractivity contribution >= 4 is 28.7 Å². The Morgan fingerprint density at radius 3 is 2.64 bits per heavy atom. The highest BCUT2D eigenvalue weighted by Gasteiger charge is 2.07. The normalized spacial score (nSPS) is 11.1. The van der Waals surface area contributed by atoms with Crippen LogP contribution >= 0.6 is 0 Å². The molecule has 1 amide bonds. The van der Waals surface area contributed by atoms with E-state index in [1.165, 1.54) is 18.2 Å². The highest BCUT2D eigenvalue weighted by atomic mass is 16.6. The molecule has 1 heterocycles. The Hall–Kier alpha value is -3.48. The van der Waals surface area contributed by atoms with E-state index in [-0.39, 0.29) is 11.6 Å². The number of fused-ring (bicyclic) bond motifs is 1. The number of imidazole rings is 1. The zero-order valence-corrected chi connectivity index (χ0v) is 13.5. The molecule has 3 rings (SSSR count). The van der Waals surface area contributed by atoms with Gasteiger partial charge in [-0.1, -0.05) is 12.1 Å². The van der Waals surface area contributed by atoms with Crippen LogP contribution < -0.4 is 5.32 Å². The first-order valence-corrected chi connectivity index (χ1v) is 7.65. The molecule has 0 atom stereocenters. The van der Waals surface area contributed by atoms with E-state index >= 15 is 0 Å². The van der Waals surface area contributed by atoms with Crippen LogP contribution in [0.1, 0.15) is 11.4 Å². The Morgan fingerprint density at radius 1 is 1.24 bits per heavy atom. The number of carbonyl (C=O) groups is 1. The zero-order chi connectivity index (χ0) is 17.8. The molecular weight excluding hydrogens is 320 g/mol. The number of carbonyl (C=O) groups excluding carboxylic acids is 1. The highest BCUT2D eigenvalue weighted by molar-refractivity contribution is 5.91. The Balaban J connectivity index is 1.62. The van der Waals surface area contributed by atoms with E-state index < -0.39 is 4.92 Å². The number of rotatable bonds is 5. The Kier molecular flexibility index (Phi) is 4.56. The van der Waals surface area contributed by atoms with Crippen LogP contribution in [-0.2, 0) is 18.4 Å². The molecule has 126 valence electrons. The summed E-state index contributed by atoms with van der Waals surface area (Å²) in [5.41, 5.74) is 2.62. The van der Waals surface area contributed by atoms with E-state index in [2.05, 4.69) is 10.3 Å². The summed E-state index contributed by atoms with van der Waals surface area (Å²) in [6.07, 6.45) is 3.00. The molecule has 3 aromatic rings. The molecule has 0 unspecified atom stereocenters. The van der Waals surface area contributed by atoms with Gasteiger partial charge in [0, 0.05) is 25.3 Å². The van der Waals surface area contributed by atoms with Crippen LogP contribution in [0.5, 0.6) is 0 Å². The molecule has 0 fully saturated rings. The molecule has 0 aliphatic rings. The summed E-state index contributed by atoms with van der Waals surface area (Å²) in [6.45, 7) is 0.314. The molecule has 7 nitrogen and oxygen atoms in total. The lowest BCUT2D eigenvalue weighted by molar-refractivity contribution is -0.384. The van der Waals surface area contributed by atoms with Gasteiger partial charge in [0.15, 0.2) is 0 Å². The molecule has 1 aromatic heterocycles. The first kappa shape index (κ1) is 16.4. The number of benzene rings is 2. The number of nitrogens with zero attached hydrogens (tertiary/aromatic N) is 3. The van der Waals surface area contributed by atoms with Crippen molar-refractivity contribution in [1.82, 2.24) is 14.9 Å². The van der Waals surface area contributed by atoms with E-state index in [0.717, 1.165) is 16.9 Å². The van der Waals surface area contributed by atoms with Crippen molar-refractivity contribution in [3.8, 4) is 0 Å². The predicted molar refractivity (Wildman–Crippen MR) is 94.7 cm³/mol. The van der Waals surface area contributed by atoms with Crippen molar-refractivity contribution < 1.29 is 9.72 Å². The Labute approximate surface area is 143 Å². The lowest BCUT2D eigenvalue weighted by atomic mass is 10.2. The quantitative estimate of drug-likeness (QED) is 0.441. The van der Waals surface area contributed by atoms with E-state index in [1.54, 1.807) is 18.2 Å². The summed E-state index contributed by atoms with van der Waals surface area (Å²) < 4.78 is 1.94. The molecule has 0 radical (unpaired) electrons. The lowest BCUT2D eigenvalue weighted by Gasteiger charge is -2.03. The van der Waals surface area contributed by atoms with Gasteiger partial charge in [-0.2, -0.15) is 0 Å². The third-order valence-corrected chi connectivity index (χ3v) is 3.83. The summed E-state index contributed by atoms with van der Waals surface area (Å²) in [7, 11) is 1.91. The third-order valence-electron chi connectivity index (χ3n) is 3.83. The van der Waals surface area contributed by atoms with Crippen LogP contribution in [0, 0.1) is 10.1 Å². The van der Waals surface area contributed by atoms with E-state index in [1.807, 2.05) is 35.9 Å². The topological polar surface area (TPSA) is 90.1 Å². The second-order valence-corrected chi connectivity index (χ2v) is 5.48. The highest BCUT2D eigenvalue weighted by Crippen LogP contribution is 2.14. The van der Waals surface area contributed by atoms with Crippen LogP contribution in [0.4, 0.5) is 5.69 Å². The molecular formula is C18H16N4O3. The van der Waals surface area contributed by atoms with Crippen molar-refractivity contribution in [1.29, 1.82) is 0 Å². The monoisotopic (exact) mass is 336 g/mol. The molecule has 25 heavy (non-hydrogen) atoms. The zero-order valence-electron chi connectivity index (χ0n) is 13.5. The van der Waals surface area contributed by atoms with Crippen LogP contribution in [0.25, 0.3) is 17.1 Å². The van der Waals surface area contributed by atoms with Gasteiger partial charge in [0.2, 0.25) is 5.91 Å². The number of hydrogen-bond acceptors (Lipinski definition) is 4. The van der Waals surface area contributed by atoms with Gasteiger partial charge in [-0.25, -0.2) is 4.98 Å². The van der Waals surface area contributed by atoms with Gasteiger partial charge in [0.25, 0.3) is 5.69 Å². The van der Waals surface area contributed by atoms with E-state index in [4.69, 9.17) is 0 Å². The maximum Gasteiger partial charge on any atom is 0.269 e. The number of aryl methyl sites for hydroxylation is 1. The standard InChI is InChI=1S/C18H16N4O3/c1-21-16-5-3-2-4-15(16)20-17(21)12-19-18(23)11-8-13-6-9-14(10-7-13)22(24)25/h2-11H,12H2,1H3,(H,19,23)/b11-8+. The number of aromatic nitrogens is 2. The summed E-state index contributed by atoms with van der Waals surface area (Å²) in [5.74, 6) is 0.503. The fraction of sp³-hybridized carbons (Fsp3) is 0.111. The van der Waals surface area contributed by atoms with Crippen molar-refractivity contribution in [2.75, 3.05) is 0 Å². The number of amides is 1. The molecule has 2 aromatic carbocycles. The van der Waals surface area contributed by atoms with Gasteiger partial charge in [-0.05, 0) is 35.9 Å². The van der Waals surface area contributed by atoms with Crippen molar-refractivity contribution in [3.63, 3.8) is 0 Å². The molecule has 0 saturated heterocycles. The Bertz CT molecular complexity index is 958. The number of hydrogen-bond donors (Lipinski definition) is 1. The smallest absolute Gasteiger partial charge is 0.269 e. The molecule has 0 spiro atoms. The first-order valence-electron chi connectivity index (χ1n) is 7.65. The number of nitro groups is 1. The van der Waals surface area contributed by atoms with Gasteiger partial charge < -0.3 is 9.88 Å². The van der Waals surface area contributed by atoms with Gasteiger partial charge in [-0.15, -0.1) is 0 Å². The number of nitro benzene ring substituents is 1. The average Bonchev–Trinajstić information content (AvgIpc) is 2.95. The molecule has 0 aliphatic carbocycles. The summed E-state index contributed by atoms with van der Waals surface area (Å²) in [5, 5.41) is 13.4. The SMILES string of the molecule is Cn1c(CNC(=O)/C=C/c2ccc([N+](=O)[O-])cc2)nc2ccccc21.